The minimum Gasteiger partial charge on any atom is -0.480 e. The number of likely N-dealkylation sites (N-methyl/N-ethyl adjacent to an activating group) is 2. The fraction of sp³-hybridized carbons (Fsp3) is 0.592. The zero-order chi connectivity index (χ0) is 55.0. The molecule has 2 saturated heterocycles. The Bertz CT molecular complexity index is 2320. The Morgan fingerprint density at radius 2 is 1.44 bits per heavy atom. The van der Waals surface area contributed by atoms with Gasteiger partial charge in [-0.2, -0.15) is 19.2 Å². The molecule has 1 unspecified atom stereocenters. The number of nitrogens with one attached hydrogen (secondary N) is 7. The van der Waals surface area contributed by atoms with Crippen molar-refractivity contribution in [3.8, 4) is 0 Å². The Balaban J connectivity index is 0.00000235. The number of amides is 2. The number of hydrogen-bond donors (Lipinski definition) is 10. The number of para-hydroxylation sites is 1. The summed E-state index contributed by atoms with van der Waals surface area (Å²) >= 11 is 0. The second-order valence-electron chi connectivity index (χ2n) is 18.5. The van der Waals surface area contributed by atoms with Crippen molar-refractivity contribution in [3.05, 3.63) is 54.2 Å². The number of nitrogens with zero attached hydrogens (tertiary/aromatic N) is 6. The first-order valence-electron chi connectivity index (χ1n) is 25.0. The van der Waals surface area contributed by atoms with Gasteiger partial charge in [-0.05, 0) is 64.4 Å². The maximum absolute atomic E-state index is 14.4. The number of aromatic nitrogens is 3. The normalized spacial score (nSPS) is 21.3. The van der Waals surface area contributed by atoms with Gasteiger partial charge in [0.2, 0.25) is 11.8 Å². The van der Waals surface area contributed by atoms with Crippen molar-refractivity contribution in [1.29, 1.82) is 0 Å². The second kappa shape index (κ2) is 35.4. The van der Waals surface area contributed by atoms with E-state index in [2.05, 4.69) is 56.3 Å². The van der Waals surface area contributed by atoms with Gasteiger partial charge in [0.25, 0.3) is 0 Å². The number of aromatic amines is 2. The number of H-pyrrole nitrogens is 2. The third-order valence-corrected chi connectivity index (χ3v) is 12.6. The van der Waals surface area contributed by atoms with E-state index in [9.17, 15) is 33.9 Å². The van der Waals surface area contributed by atoms with Crippen LogP contribution in [0.15, 0.2) is 48.0 Å². The van der Waals surface area contributed by atoms with Crippen molar-refractivity contribution in [2.24, 2.45) is 16.5 Å². The summed E-state index contributed by atoms with van der Waals surface area (Å²) in [5.41, 5.74) is 13.6. The van der Waals surface area contributed by atoms with Crippen LogP contribution in [0.2, 0.25) is 0 Å². The molecule has 4 heterocycles. The number of imidazole rings is 1. The highest BCUT2D eigenvalue weighted by molar-refractivity contribution is 6.05. The number of guanidine groups is 1. The molecular weight excluding hydrogens is 975 g/mol. The lowest BCUT2D eigenvalue weighted by atomic mass is 9.96. The lowest BCUT2D eigenvalue weighted by Gasteiger charge is -2.31. The maximum Gasteiger partial charge on any atom is 0.373 e. The van der Waals surface area contributed by atoms with E-state index in [0.29, 0.717) is 83.7 Å². The number of carbonyl (C=O) groups is 6. The molecule has 2 fully saturated rings. The number of benzene rings is 1. The van der Waals surface area contributed by atoms with Gasteiger partial charge in [-0.1, -0.05) is 24.6 Å². The monoisotopic (exact) mass is 1050 g/mol. The number of carbonyl (C=O) groups excluding carboxylic acids is 9. The van der Waals surface area contributed by atoms with Gasteiger partial charge in [0.05, 0.1) is 63.1 Å². The standard InChI is InChI=1S/C47H75N15O7.2CO2/c1-59-15-16-60(2)18-20-62(31-45(67)68)22-21-61(19-17-59)30-35(63)29-55-43-26-44(66)52-13-7-3-6-12-51-40(23-33-27-54-37-10-5-4-9-36(33)37)46(69)58-38(11-8-14-53-47(48)49)41(64)25-42(65)39(57-43)24-34-28-50-32-56-34;2*2-1-3/h4-5,9-10,27-28,32,38-40,43,51,54-55,57H,3,6-8,11-26,29-31H2,1-2H3,(H,50,56)(H,52,66)(H,58,69)(H,67,68)(H4,48,49,53);;/t38-,39-,40-,43?;;/m0../s1. The summed E-state index contributed by atoms with van der Waals surface area (Å²) in [7, 11) is 4.06. The number of carboxylic acids is 1. The smallest absolute Gasteiger partial charge is 0.373 e. The largest absolute Gasteiger partial charge is 0.480 e. The molecule has 2 amide bonds. The van der Waals surface area contributed by atoms with E-state index in [1.165, 1.54) is 6.33 Å². The molecule has 3 aromatic rings. The average Bonchev–Trinajstić information content (AvgIpc) is 4.04. The van der Waals surface area contributed by atoms with Crippen LogP contribution in [0.5, 0.6) is 0 Å². The van der Waals surface area contributed by atoms with Crippen LogP contribution in [-0.2, 0) is 60.8 Å². The zero-order valence-corrected chi connectivity index (χ0v) is 43.0. The van der Waals surface area contributed by atoms with Crippen LogP contribution < -0.4 is 38.1 Å². The molecular formula is C49H75N15O11. The Morgan fingerprint density at radius 1 is 0.813 bits per heavy atom. The highest BCUT2D eigenvalue weighted by atomic mass is 16.4. The van der Waals surface area contributed by atoms with E-state index in [-0.39, 0.29) is 81.3 Å². The van der Waals surface area contributed by atoms with Crippen LogP contribution in [0, 0.1) is 0 Å². The van der Waals surface area contributed by atoms with E-state index in [1.807, 2.05) is 54.4 Å². The van der Waals surface area contributed by atoms with E-state index in [0.717, 1.165) is 36.0 Å². The predicted molar refractivity (Wildman–Crippen MR) is 273 cm³/mol. The van der Waals surface area contributed by atoms with Crippen molar-refractivity contribution in [3.63, 3.8) is 0 Å². The number of aliphatic imine (C=N–C) groups is 1. The van der Waals surface area contributed by atoms with Crippen molar-refractivity contribution in [2.75, 3.05) is 106 Å². The van der Waals surface area contributed by atoms with Crippen LogP contribution >= 0.6 is 0 Å². The third kappa shape index (κ3) is 25.3. The van der Waals surface area contributed by atoms with Crippen molar-refractivity contribution < 1.29 is 53.1 Å². The molecule has 12 N–H and O–H groups in total. The van der Waals surface area contributed by atoms with Gasteiger partial charge in [0.1, 0.15) is 0 Å². The van der Waals surface area contributed by atoms with Gasteiger partial charge in [-0.3, -0.25) is 54.2 Å². The van der Waals surface area contributed by atoms with E-state index >= 15 is 0 Å². The number of fused-ring (bicyclic) bond motifs is 1. The summed E-state index contributed by atoms with van der Waals surface area (Å²) in [6.07, 6.45) is 6.99. The number of hydrogen-bond acceptors (Lipinski definition) is 19. The fourth-order valence-corrected chi connectivity index (χ4v) is 8.53. The lowest BCUT2D eigenvalue weighted by molar-refractivity contribution is -0.193. The van der Waals surface area contributed by atoms with E-state index in [1.54, 1.807) is 6.20 Å². The highest BCUT2D eigenvalue weighted by Gasteiger charge is 2.31. The van der Waals surface area contributed by atoms with E-state index in [4.69, 9.17) is 30.6 Å². The maximum atomic E-state index is 14.4. The first kappa shape index (κ1) is 62.4. The van der Waals surface area contributed by atoms with Crippen LogP contribution in [0.4, 0.5) is 0 Å². The molecule has 0 spiro atoms. The molecule has 412 valence electrons. The summed E-state index contributed by atoms with van der Waals surface area (Å²) in [6.45, 7) is 6.12. The second-order valence-corrected chi connectivity index (χ2v) is 18.5. The lowest BCUT2D eigenvalue weighted by Crippen LogP contribution is -2.55. The molecule has 75 heavy (non-hydrogen) atoms. The molecule has 5 rings (SSSR count). The predicted octanol–water partition coefficient (Wildman–Crippen LogP) is -2.77. The fourth-order valence-electron chi connectivity index (χ4n) is 8.53. The Hall–Kier alpha value is -6.86. The SMILES string of the molecule is CN1CCN(C)CCN(CC(=O)CNC2CC(=O)NCCCCCN[C@@H](Cc3c[nH]c4ccccc34)C(=O)N[C@@H](CCCN=C(N)N)C(=O)CC(=O)[C@H](Cc3cnc[nH]3)N2)CCN(CC(=O)O)CC1.O=C=O.O=C=O. The topological polar surface area (TPSA) is 373 Å². The molecule has 0 radical (unpaired) electrons. The molecule has 1 aromatic carbocycles. The Labute approximate surface area is 435 Å². The van der Waals surface area contributed by atoms with Gasteiger partial charge in [-0.25, -0.2) is 4.98 Å². The molecule has 0 aliphatic carbocycles. The zero-order valence-electron chi connectivity index (χ0n) is 43.0. The minimum atomic E-state index is -1.04. The summed E-state index contributed by atoms with van der Waals surface area (Å²) in [4.78, 5) is 137. The Morgan fingerprint density at radius 3 is 2.09 bits per heavy atom. The van der Waals surface area contributed by atoms with E-state index < -0.39 is 48.2 Å². The number of carboxylic acid groups (broad SMARTS) is 1. The number of rotatable bonds is 15. The van der Waals surface area contributed by atoms with Crippen LogP contribution in [0.3, 0.4) is 0 Å². The molecule has 0 bridgehead atoms. The average molecular weight is 1050 g/mol. The van der Waals surface area contributed by atoms with Crippen molar-refractivity contribution in [2.45, 2.75) is 82.1 Å². The first-order chi connectivity index (χ1) is 36.0. The van der Waals surface area contributed by atoms with Gasteiger partial charge in [0, 0.05) is 101 Å². The van der Waals surface area contributed by atoms with Gasteiger partial charge < -0.3 is 52.3 Å². The number of ketones is 3. The molecule has 2 aromatic heterocycles. The van der Waals surface area contributed by atoms with Gasteiger partial charge in [0.15, 0.2) is 23.3 Å². The van der Waals surface area contributed by atoms with Gasteiger partial charge >= 0.3 is 18.3 Å². The quantitative estimate of drug-likeness (QED) is 0.0319. The summed E-state index contributed by atoms with van der Waals surface area (Å²) < 4.78 is 0. The Kier molecular flexibility index (Phi) is 29.4. The molecule has 4 atom stereocenters. The molecule has 2 aliphatic rings. The van der Waals surface area contributed by atoms with Gasteiger partial charge in [-0.15, -0.1) is 0 Å². The summed E-state index contributed by atoms with van der Waals surface area (Å²) in [5.74, 6) is -2.83. The highest BCUT2D eigenvalue weighted by Crippen LogP contribution is 2.20. The molecule has 0 saturated carbocycles. The molecule has 2 aliphatic heterocycles. The van der Waals surface area contributed by atoms with Crippen molar-refractivity contribution >= 4 is 64.3 Å². The van der Waals surface area contributed by atoms with Crippen molar-refractivity contribution in [1.82, 2.24) is 61.1 Å². The number of nitrogens with two attached hydrogens (primary N) is 2. The molecule has 26 nitrogen and oxygen atoms in total. The minimum absolute atomic E-state index is 0.0827. The number of aliphatic carboxylic acids is 1. The summed E-state index contributed by atoms with van der Waals surface area (Å²) in [6, 6.07) is 5.06. The molecule has 26 heteroatoms. The third-order valence-electron chi connectivity index (χ3n) is 12.6. The van der Waals surface area contributed by atoms with Crippen LogP contribution in [-0.4, -0.2) is 223 Å². The first-order valence-corrected chi connectivity index (χ1v) is 25.0. The summed E-state index contributed by atoms with van der Waals surface area (Å²) in [5, 5.41) is 26.4. The number of Topliss-reactive ketones (excluding diaryl/α,β-unsaturated/α-hetero) is 3. The van der Waals surface area contributed by atoms with Crippen LogP contribution in [0.1, 0.15) is 56.2 Å². The van der Waals surface area contributed by atoms with Crippen LogP contribution in [0.25, 0.3) is 10.9 Å².